The molecule has 0 bridgehead atoms. The minimum Gasteiger partial charge on any atom is -0.388 e. The van der Waals surface area contributed by atoms with E-state index < -0.39 is 0 Å². The number of aromatic nitrogens is 1. The second kappa shape index (κ2) is 6.25. The summed E-state index contributed by atoms with van der Waals surface area (Å²) in [6, 6.07) is 27.9. The van der Waals surface area contributed by atoms with Crippen molar-refractivity contribution < 1.29 is 0 Å². The first-order chi connectivity index (χ1) is 11.9. The van der Waals surface area contributed by atoms with Gasteiger partial charge in [0.1, 0.15) is 0 Å². The quantitative estimate of drug-likeness (QED) is 0.519. The molecule has 0 saturated carbocycles. The van der Waals surface area contributed by atoms with E-state index >= 15 is 0 Å². The van der Waals surface area contributed by atoms with E-state index in [1.165, 1.54) is 27.6 Å². The lowest BCUT2D eigenvalue weighted by molar-refractivity contribution is 0.988. The predicted octanol–water partition coefficient (Wildman–Crippen LogP) is 5.39. The Kier molecular flexibility index (Phi) is 3.80. The van der Waals surface area contributed by atoms with Gasteiger partial charge < -0.3 is 10.3 Å². The third-order valence-electron chi connectivity index (χ3n) is 4.60. The molecule has 0 spiro atoms. The number of rotatable bonds is 4. The highest BCUT2D eigenvalue weighted by molar-refractivity contribution is 5.84. The van der Waals surface area contributed by atoms with Crippen molar-refractivity contribution in [2.45, 2.75) is 5.92 Å². The van der Waals surface area contributed by atoms with Gasteiger partial charge in [0.15, 0.2) is 0 Å². The number of aromatic amines is 1. The molecule has 0 amide bonds. The summed E-state index contributed by atoms with van der Waals surface area (Å²) in [6.07, 6.45) is 2.15. The van der Waals surface area contributed by atoms with Crippen LogP contribution in [0.4, 0.5) is 5.69 Å². The standard InChI is InChI=1S/C22H20N2/c1-23-18-13-11-17(12-14-18)22(16-7-3-2-4-8-16)20-15-24-21-10-6-5-9-19(20)21/h2-15,22-24H,1H3. The van der Waals surface area contributed by atoms with Gasteiger partial charge in [-0.3, -0.25) is 0 Å². The first-order valence-corrected chi connectivity index (χ1v) is 8.25. The van der Waals surface area contributed by atoms with Gasteiger partial charge in [0, 0.05) is 35.8 Å². The van der Waals surface area contributed by atoms with Crippen LogP contribution in [-0.2, 0) is 0 Å². The van der Waals surface area contributed by atoms with E-state index in [1.54, 1.807) is 0 Å². The van der Waals surface area contributed by atoms with Crippen LogP contribution in [0.15, 0.2) is 85.1 Å². The SMILES string of the molecule is CNc1ccc(C(c2ccccc2)c2c[nH]c3ccccc23)cc1. The Morgan fingerprint density at radius 3 is 2.17 bits per heavy atom. The molecule has 1 unspecified atom stereocenters. The largest absolute Gasteiger partial charge is 0.388 e. The Morgan fingerprint density at radius 1 is 0.750 bits per heavy atom. The number of benzene rings is 3. The molecular weight excluding hydrogens is 292 g/mol. The minimum atomic E-state index is 0.216. The molecule has 0 aliphatic heterocycles. The van der Waals surface area contributed by atoms with Crippen molar-refractivity contribution >= 4 is 16.6 Å². The highest BCUT2D eigenvalue weighted by Gasteiger charge is 2.19. The molecule has 0 aliphatic carbocycles. The molecule has 2 N–H and O–H groups in total. The fourth-order valence-electron chi connectivity index (χ4n) is 3.37. The maximum Gasteiger partial charge on any atom is 0.0457 e. The molecule has 1 heterocycles. The third-order valence-corrected chi connectivity index (χ3v) is 4.60. The molecule has 2 nitrogen and oxygen atoms in total. The maximum atomic E-state index is 3.42. The monoisotopic (exact) mass is 312 g/mol. The Bertz CT molecular complexity index is 937. The lowest BCUT2D eigenvalue weighted by atomic mass is 9.85. The lowest BCUT2D eigenvalue weighted by Crippen LogP contribution is -2.03. The topological polar surface area (TPSA) is 27.8 Å². The third kappa shape index (κ3) is 2.56. The highest BCUT2D eigenvalue weighted by Crippen LogP contribution is 2.36. The van der Waals surface area contributed by atoms with E-state index in [0.29, 0.717) is 0 Å². The molecule has 1 aromatic heterocycles. The van der Waals surface area contributed by atoms with Gasteiger partial charge in [-0.05, 0) is 34.9 Å². The number of hydrogen-bond donors (Lipinski definition) is 2. The van der Waals surface area contributed by atoms with Crippen molar-refractivity contribution in [3.63, 3.8) is 0 Å². The molecule has 24 heavy (non-hydrogen) atoms. The fraction of sp³-hybridized carbons (Fsp3) is 0.0909. The van der Waals surface area contributed by atoms with Gasteiger partial charge in [-0.15, -0.1) is 0 Å². The van der Waals surface area contributed by atoms with E-state index in [-0.39, 0.29) is 5.92 Å². The van der Waals surface area contributed by atoms with Crippen molar-refractivity contribution in [1.29, 1.82) is 0 Å². The van der Waals surface area contributed by atoms with Crippen LogP contribution in [0, 0.1) is 0 Å². The average Bonchev–Trinajstić information content (AvgIpc) is 3.07. The van der Waals surface area contributed by atoms with Crippen LogP contribution in [0.3, 0.4) is 0 Å². The van der Waals surface area contributed by atoms with Gasteiger partial charge >= 0.3 is 0 Å². The van der Waals surface area contributed by atoms with Gasteiger partial charge in [0.05, 0.1) is 0 Å². The van der Waals surface area contributed by atoms with Crippen LogP contribution in [-0.4, -0.2) is 12.0 Å². The first-order valence-electron chi connectivity index (χ1n) is 8.25. The molecule has 2 heteroatoms. The van der Waals surface area contributed by atoms with Crippen molar-refractivity contribution in [3.05, 3.63) is 102 Å². The molecular formula is C22H20N2. The summed E-state index contributed by atoms with van der Waals surface area (Å²) in [5.74, 6) is 0.216. The van der Waals surface area contributed by atoms with Crippen LogP contribution in [0.25, 0.3) is 10.9 Å². The molecule has 0 aliphatic rings. The first kappa shape index (κ1) is 14.6. The Morgan fingerprint density at radius 2 is 1.42 bits per heavy atom. The van der Waals surface area contributed by atoms with E-state index in [9.17, 15) is 0 Å². The summed E-state index contributed by atoms with van der Waals surface area (Å²) in [5.41, 5.74) is 6.23. The number of fused-ring (bicyclic) bond motifs is 1. The fourth-order valence-corrected chi connectivity index (χ4v) is 3.37. The van der Waals surface area contributed by atoms with Crippen molar-refractivity contribution in [3.8, 4) is 0 Å². The van der Waals surface area contributed by atoms with E-state index in [1.807, 2.05) is 7.05 Å². The van der Waals surface area contributed by atoms with Crippen LogP contribution in [0.2, 0.25) is 0 Å². The van der Waals surface area contributed by atoms with Gasteiger partial charge in [0.25, 0.3) is 0 Å². The highest BCUT2D eigenvalue weighted by atomic mass is 14.8. The smallest absolute Gasteiger partial charge is 0.0457 e. The molecule has 4 aromatic rings. The second-order valence-electron chi connectivity index (χ2n) is 6.01. The molecule has 0 fully saturated rings. The summed E-state index contributed by atoms with van der Waals surface area (Å²) in [7, 11) is 1.95. The number of anilines is 1. The van der Waals surface area contributed by atoms with Crippen LogP contribution in [0.5, 0.6) is 0 Å². The summed E-state index contributed by atoms with van der Waals surface area (Å²) >= 11 is 0. The van der Waals surface area contributed by atoms with E-state index in [2.05, 4.69) is 95.4 Å². The van der Waals surface area contributed by atoms with Crippen molar-refractivity contribution in [1.82, 2.24) is 4.98 Å². The zero-order valence-electron chi connectivity index (χ0n) is 13.7. The van der Waals surface area contributed by atoms with Crippen LogP contribution in [0.1, 0.15) is 22.6 Å². The average molecular weight is 312 g/mol. The molecule has 4 rings (SSSR count). The molecule has 1 atom stereocenters. The number of para-hydroxylation sites is 1. The normalized spacial score (nSPS) is 12.2. The van der Waals surface area contributed by atoms with Gasteiger partial charge in [-0.2, -0.15) is 0 Å². The second-order valence-corrected chi connectivity index (χ2v) is 6.01. The number of H-pyrrole nitrogens is 1. The van der Waals surface area contributed by atoms with Gasteiger partial charge in [-0.1, -0.05) is 60.7 Å². The number of hydrogen-bond acceptors (Lipinski definition) is 1. The maximum absolute atomic E-state index is 3.42. The Balaban J connectivity index is 1.90. The van der Waals surface area contributed by atoms with E-state index in [4.69, 9.17) is 0 Å². The van der Waals surface area contributed by atoms with Gasteiger partial charge in [-0.25, -0.2) is 0 Å². The summed E-state index contributed by atoms with van der Waals surface area (Å²) in [4.78, 5) is 3.42. The van der Waals surface area contributed by atoms with E-state index in [0.717, 1.165) is 5.69 Å². The Labute approximate surface area is 142 Å². The van der Waals surface area contributed by atoms with Gasteiger partial charge in [0.2, 0.25) is 0 Å². The molecule has 118 valence electrons. The van der Waals surface area contributed by atoms with Crippen molar-refractivity contribution in [2.24, 2.45) is 0 Å². The summed E-state index contributed by atoms with van der Waals surface area (Å²) in [5, 5.41) is 4.47. The summed E-state index contributed by atoms with van der Waals surface area (Å²) in [6.45, 7) is 0. The number of nitrogens with one attached hydrogen (secondary N) is 2. The molecule has 0 saturated heterocycles. The predicted molar refractivity (Wildman–Crippen MR) is 102 cm³/mol. The summed E-state index contributed by atoms with van der Waals surface area (Å²) < 4.78 is 0. The minimum absolute atomic E-state index is 0.216. The molecule has 0 radical (unpaired) electrons. The molecule has 3 aromatic carbocycles. The van der Waals surface area contributed by atoms with Crippen LogP contribution >= 0.6 is 0 Å². The zero-order valence-corrected chi connectivity index (χ0v) is 13.7. The zero-order chi connectivity index (χ0) is 16.4. The Hall–Kier alpha value is -3.00. The van der Waals surface area contributed by atoms with Crippen LogP contribution < -0.4 is 5.32 Å². The lowest BCUT2D eigenvalue weighted by Gasteiger charge is -2.18. The van der Waals surface area contributed by atoms with Crippen molar-refractivity contribution in [2.75, 3.05) is 12.4 Å².